The first-order valence-electron chi connectivity index (χ1n) is 7.89. The van der Waals surface area contributed by atoms with Crippen LogP contribution in [0.4, 0.5) is 5.69 Å². The van der Waals surface area contributed by atoms with E-state index in [1.807, 2.05) is 0 Å². The molecule has 7 heteroatoms. The summed E-state index contributed by atoms with van der Waals surface area (Å²) in [6, 6.07) is 15.1. The average Bonchev–Trinajstić information content (AvgIpc) is 2.61. The molecule has 1 atom stereocenters. The van der Waals surface area contributed by atoms with Crippen molar-refractivity contribution < 1.29 is 17.9 Å². The molecule has 2 aromatic rings. The van der Waals surface area contributed by atoms with Crippen LogP contribution in [0, 0.1) is 0 Å². The van der Waals surface area contributed by atoms with Crippen molar-refractivity contribution in [2.24, 2.45) is 0 Å². The first-order chi connectivity index (χ1) is 11.9. The molecule has 0 spiro atoms. The molecule has 1 amide bonds. The lowest BCUT2D eigenvalue weighted by atomic mass is 10.2. The van der Waals surface area contributed by atoms with Crippen LogP contribution in [0.1, 0.15) is 0 Å². The summed E-state index contributed by atoms with van der Waals surface area (Å²) in [6.07, 6.45) is 0. The highest BCUT2D eigenvalue weighted by atomic mass is 32.2. The number of anilines is 1. The first kappa shape index (κ1) is 17.4. The quantitative estimate of drug-likeness (QED) is 0.831. The Kier molecular flexibility index (Phi) is 4.78. The monoisotopic (exact) mass is 360 g/mol. The van der Waals surface area contributed by atoms with Crippen LogP contribution >= 0.6 is 0 Å². The number of carbonyl (C=O) groups excluding carboxylic acids is 1. The second-order valence-corrected chi connectivity index (χ2v) is 8.20. The smallest absolute Gasteiger partial charge is 0.241 e. The summed E-state index contributed by atoms with van der Waals surface area (Å²) in [5.41, 5.74) is -0.551. The summed E-state index contributed by atoms with van der Waals surface area (Å²) in [7, 11) is -0.141. The number of nitrogens with zero attached hydrogens (tertiary/aromatic N) is 2. The molecule has 0 bridgehead atoms. The molecule has 1 unspecified atom stereocenters. The van der Waals surface area contributed by atoms with E-state index < -0.39 is 15.3 Å². The molecule has 6 nitrogen and oxygen atoms in total. The van der Waals surface area contributed by atoms with Crippen molar-refractivity contribution in [2.45, 2.75) is 10.3 Å². The molecule has 0 fully saturated rings. The van der Waals surface area contributed by atoms with E-state index in [2.05, 4.69) is 0 Å². The summed E-state index contributed by atoms with van der Waals surface area (Å²) in [5.74, 6) is 0.222. The van der Waals surface area contributed by atoms with E-state index in [-0.39, 0.29) is 23.9 Å². The van der Waals surface area contributed by atoms with Gasteiger partial charge < -0.3 is 14.5 Å². The third-order valence-corrected chi connectivity index (χ3v) is 5.78. The van der Waals surface area contributed by atoms with Gasteiger partial charge in [-0.15, -0.1) is 0 Å². The minimum absolute atomic E-state index is 0.0408. The fraction of sp³-hybridized carbons (Fsp3) is 0.278. The highest BCUT2D eigenvalue weighted by Gasteiger charge is 2.38. The maximum atomic E-state index is 12.9. The molecule has 132 valence electrons. The van der Waals surface area contributed by atoms with Crippen LogP contribution in [0.25, 0.3) is 0 Å². The van der Waals surface area contributed by atoms with Gasteiger partial charge in [-0.25, -0.2) is 8.42 Å². The van der Waals surface area contributed by atoms with Gasteiger partial charge in [-0.1, -0.05) is 30.3 Å². The number of amides is 1. The lowest BCUT2D eigenvalue weighted by Crippen LogP contribution is -2.49. The van der Waals surface area contributed by atoms with Gasteiger partial charge in [-0.2, -0.15) is 0 Å². The van der Waals surface area contributed by atoms with E-state index in [0.717, 1.165) is 0 Å². The normalized spacial score (nSPS) is 17.1. The lowest BCUT2D eigenvalue weighted by molar-refractivity contribution is -0.119. The van der Waals surface area contributed by atoms with E-state index >= 15 is 0 Å². The topological polar surface area (TPSA) is 66.9 Å². The number of hydrogen-bond acceptors (Lipinski definition) is 5. The first-order valence-corrected chi connectivity index (χ1v) is 9.44. The Hall–Kier alpha value is -2.38. The van der Waals surface area contributed by atoms with Crippen molar-refractivity contribution >= 4 is 21.4 Å². The average molecular weight is 360 g/mol. The molecule has 0 saturated heterocycles. The van der Waals surface area contributed by atoms with Gasteiger partial charge in [0.2, 0.25) is 21.2 Å². The fourth-order valence-electron chi connectivity index (χ4n) is 2.72. The number of fused-ring (bicyclic) bond motifs is 1. The Bertz CT molecular complexity index is 866. The minimum atomic E-state index is -3.73. The standard InChI is InChI=1S/C18H20N2O4S/c1-19(2)12-17(21)20-13-18(24-16-11-7-6-10-15(16)20)25(22,23)14-8-4-3-5-9-14/h3-11,18H,12-13H2,1-2H3. The summed E-state index contributed by atoms with van der Waals surface area (Å²) in [5, 5.41) is 0. The van der Waals surface area contributed by atoms with Crippen LogP contribution in [0.15, 0.2) is 59.5 Å². The van der Waals surface area contributed by atoms with Crippen molar-refractivity contribution in [3.05, 3.63) is 54.6 Å². The van der Waals surface area contributed by atoms with Crippen LogP contribution in [0.5, 0.6) is 5.75 Å². The highest BCUT2D eigenvalue weighted by Crippen LogP contribution is 2.35. The maximum Gasteiger partial charge on any atom is 0.241 e. The van der Waals surface area contributed by atoms with Gasteiger partial charge in [0.15, 0.2) is 0 Å². The lowest BCUT2D eigenvalue weighted by Gasteiger charge is -2.35. The Morgan fingerprint density at radius 3 is 2.44 bits per heavy atom. The molecule has 0 saturated carbocycles. The van der Waals surface area contributed by atoms with E-state index in [0.29, 0.717) is 11.4 Å². The summed E-state index contributed by atoms with van der Waals surface area (Å²) in [4.78, 5) is 16.0. The van der Waals surface area contributed by atoms with E-state index in [9.17, 15) is 13.2 Å². The number of benzene rings is 2. The predicted octanol–water partition coefficient (Wildman–Crippen LogP) is 1.77. The van der Waals surface area contributed by atoms with Crippen molar-refractivity contribution in [1.82, 2.24) is 4.90 Å². The van der Waals surface area contributed by atoms with Gasteiger partial charge in [0.25, 0.3) is 0 Å². The molecule has 2 aromatic carbocycles. The minimum Gasteiger partial charge on any atom is -0.470 e. The van der Waals surface area contributed by atoms with Crippen molar-refractivity contribution in [3.63, 3.8) is 0 Å². The molecule has 0 radical (unpaired) electrons. The number of rotatable bonds is 4. The fourth-order valence-corrected chi connectivity index (χ4v) is 4.14. The Morgan fingerprint density at radius 1 is 1.12 bits per heavy atom. The van der Waals surface area contributed by atoms with Crippen LogP contribution in [0.3, 0.4) is 0 Å². The molecule has 1 aliphatic rings. The molecular weight excluding hydrogens is 340 g/mol. The number of hydrogen-bond donors (Lipinski definition) is 0. The van der Waals surface area contributed by atoms with Gasteiger partial charge in [-0.3, -0.25) is 4.79 Å². The summed E-state index contributed by atoms with van der Waals surface area (Å²) in [6.45, 7) is 0.146. The summed E-state index contributed by atoms with van der Waals surface area (Å²) >= 11 is 0. The third-order valence-electron chi connectivity index (χ3n) is 3.92. The van der Waals surface area contributed by atoms with Crippen molar-refractivity contribution in [3.8, 4) is 5.75 Å². The second kappa shape index (κ2) is 6.85. The Labute approximate surface area is 147 Å². The molecule has 1 aliphatic heterocycles. The second-order valence-electron chi connectivity index (χ2n) is 6.12. The molecule has 3 rings (SSSR count). The number of carbonyl (C=O) groups is 1. The maximum absolute atomic E-state index is 12.9. The zero-order valence-corrected chi connectivity index (χ0v) is 14.9. The Balaban J connectivity index is 1.98. The van der Waals surface area contributed by atoms with Crippen LogP contribution in [-0.4, -0.2) is 51.8 Å². The van der Waals surface area contributed by atoms with Gasteiger partial charge in [0, 0.05) is 0 Å². The van der Waals surface area contributed by atoms with Gasteiger partial charge in [-0.05, 0) is 38.4 Å². The number of para-hydroxylation sites is 2. The van der Waals surface area contributed by atoms with E-state index in [1.165, 1.54) is 17.0 Å². The molecule has 0 aromatic heterocycles. The van der Waals surface area contributed by atoms with Crippen LogP contribution in [0.2, 0.25) is 0 Å². The molecule has 1 heterocycles. The summed E-state index contributed by atoms with van der Waals surface area (Å²) < 4.78 is 31.6. The van der Waals surface area contributed by atoms with Crippen LogP contribution in [-0.2, 0) is 14.6 Å². The van der Waals surface area contributed by atoms with Gasteiger partial charge in [0.05, 0.1) is 23.7 Å². The Morgan fingerprint density at radius 2 is 1.76 bits per heavy atom. The van der Waals surface area contributed by atoms with E-state index in [1.54, 1.807) is 61.5 Å². The zero-order chi connectivity index (χ0) is 18.0. The van der Waals surface area contributed by atoms with Crippen molar-refractivity contribution in [2.75, 3.05) is 32.1 Å². The zero-order valence-electron chi connectivity index (χ0n) is 14.1. The number of sulfone groups is 1. The highest BCUT2D eigenvalue weighted by molar-refractivity contribution is 7.92. The molecule has 0 N–H and O–H groups in total. The van der Waals surface area contributed by atoms with Gasteiger partial charge in [0.1, 0.15) is 5.75 Å². The number of likely N-dealkylation sites (N-methyl/N-ethyl adjacent to an activating group) is 1. The van der Waals surface area contributed by atoms with Crippen molar-refractivity contribution in [1.29, 1.82) is 0 Å². The largest absolute Gasteiger partial charge is 0.470 e. The van der Waals surface area contributed by atoms with Crippen LogP contribution < -0.4 is 9.64 Å². The molecule has 25 heavy (non-hydrogen) atoms. The van der Waals surface area contributed by atoms with E-state index in [4.69, 9.17) is 4.74 Å². The SMILES string of the molecule is CN(C)CC(=O)N1CC(S(=O)(=O)c2ccccc2)Oc2ccccc21. The molecule has 0 aliphatic carbocycles. The number of ether oxygens (including phenoxy) is 1. The predicted molar refractivity (Wildman–Crippen MR) is 95.4 cm³/mol. The molecular formula is C18H20N2O4S. The van der Waals surface area contributed by atoms with Gasteiger partial charge >= 0.3 is 0 Å². The third kappa shape index (κ3) is 3.52.